The Hall–Kier alpha value is -2.32. The molecule has 0 radical (unpaired) electrons. The van der Waals surface area contributed by atoms with E-state index in [1.807, 2.05) is 18.2 Å². The van der Waals surface area contributed by atoms with E-state index in [0.29, 0.717) is 6.42 Å². The van der Waals surface area contributed by atoms with Crippen LogP contribution in [0, 0.1) is 11.3 Å². The summed E-state index contributed by atoms with van der Waals surface area (Å²) < 4.78 is 3.14. The van der Waals surface area contributed by atoms with Gasteiger partial charge >= 0.3 is 5.97 Å². The minimum atomic E-state index is -0.922. The van der Waals surface area contributed by atoms with Crippen LogP contribution in [0.2, 0.25) is 0 Å². The third-order valence-electron chi connectivity index (χ3n) is 4.00. The second-order valence-corrected chi connectivity index (χ2v) is 6.38. The molecule has 0 aliphatic rings. The van der Waals surface area contributed by atoms with Crippen LogP contribution >= 0.6 is 15.9 Å². The van der Waals surface area contributed by atoms with Crippen LogP contribution < -0.4 is 0 Å². The molecule has 0 bridgehead atoms. The van der Waals surface area contributed by atoms with Crippen LogP contribution in [-0.4, -0.2) is 15.6 Å². The Labute approximate surface area is 142 Å². The van der Waals surface area contributed by atoms with E-state index >= 15 is 0 Å². The Morgan fingerprint density at radius 2 is 1.83 bits per heavy atom. The monoisotopic (exact) mass is 370 g/mol. The first-order valence-electron chi connectivity index (χ1n) is 7.43. The number of hydrogen-bond donors (Lipinski definition) is 1. The third kappa shape index (κ3) is 2.95. The van der Waals surface area contributed by atoms with Crippen molar-refractivity contribution in [1.29, 1.82) is 5.26 Å². The average molecular weight is 371 g/mol. The van der Waals surface area contributed by atoms with E-state index in [-0.39, 0.29) is 5.56 Å². The summed E-state index contributed by atoms with van der Waals surface area (Å²) in [5, 5.41) is 20.1. The van der Waals surface area contributed by atoms with Crippen LogP contribution in [-0.2, 0) is 6.54 Å². The number of nitrogens with zero attached hydrogens (tertiary/aromatic N) is 2. The van der Waals surface area contributed by atoms with Gasteiger partial charge in [0.25, 0.3) is 0 Å². The quantitative estimate of drug-likeness (QED) is 0.646. The van der Waals surface area contributed by atoms with E-state index in [9.17, 15) is 9.90 Å². The zero-order valence-electron chi connectivity index (χ0n) is 12.4. The summed E-state index contributed by atoms with van der Waals surface area (Å²) in [6, 6.07) is 13.5. The third-order valence-corrected chi connectivity index (χ3v) is 4.49. The van der Waals surface area contributed by atoms with Gasteiger partial charge in [-0.1, -0.05) is 28.1 Å². The van der Waals surface area contributed by atoms with Gasteiger partial charge in [0.05, 0.1) is 17.1 Å². The molecule has 3 rings (SSSR count). The molecule has 0 unspecified atom stereocenters. The average Bonchev–Trinajstić information content (AvgIpc) is 2.84. The molecular formula is C18H15BrN2O2. The largest absolute Gasteiger partial charge is 0.478 e. The number of carbonyl (C=O) groups is 1. The molecule has 0 saturated heterocycles. The van der Waals surface area contributed by atoms with Crippen molar-refractivity contribution in [3.05, 3.63) is 46.4 Å². The topological polar surface area (TPSA) is 66.0 Å². The van der Waals surface area contributed by atoms with Crippen molar-refractivity contribution in [2.24, 2.45) is 0 Å². The Balaban J connectivity index is 2.17. The van der Waals surface area contributed by atoms with Gasteiger partial charge in [-0.05, 0) is 37.1 Å². The Morgan fingerprint density at radius 3 is 2.52 bits per heavy atom. The van der Waals surface area contributed by atoms with Crippen molar-refractivity contribution >= 4 is 43.7 Å². The highest BCUT2D eigenvalue weighted by Crippen LogP contribution is 2.32. The van der Waals surface area contributed by atoms with Gasteiger partial charge in [0.2, 0.25) is 0 Å². The van der Waals surface area contributed by atoms with Crippen molar-refractivity contribution in [3.8, 4) is 6.07 Å². The lowest BCUT2D eigenvalue weighted by Gasteiger charge is -2.07. The summed E-state index contributed by atoms with van der Waals surface area (Å²) in [6.07, 6.45) is 2.27. The molecule has 4 nitrogen and oxygen atoms in total. The molecular weight excluding hydrogens is 356 g/mol. The Morgan fingerprint density at radius 1 is 1.13 bits per heavy atom. The van der Waals surface area contributed by atoms with E-state index < -0.39 is 5.97 Å². The number of hydrogen-bond acceptors (Lipinski definition) is 2. The lowest BCUT2D eigenvalue weighted by molar-refractivity contribution is 0.0697. The molecule has 116 valence electrons. The fraction of sp³-hybridized carbons (Fsp3) is 0.222. The standard InChI is InChI=1S/C18H15BrN2O2/c19-13-5-7-15-14-6-4-12(18(22)23)10-16(14)21(17(15)11-13)9-3-1-2-8-20/h4-7,10-11H,1-3,9H2,(H,22,23). The second-order valence-electron chi connectivity index (χ2n) is 5.47. The van der Waals surface area contributed by atoms with Crippen molar-refractivity contribution in [2.75, 3.05) is 0 Å². The van der Waals surface area contributed by atoms with Crippen molar-refractivity contribution < 1.29 is 9.90 Å². The molecule has 0 spiro atoms. The number of unbranched alkanes of at least 4 members (excludes halogenated alkanes) is 2. The highest BCUT2D eigenvalue weighted by atomic mass is 79.9. The summed E-state index contributed by atoms with van der Waals surface area (Å²) in [4.78, 5) is 11.3. The normalized spacial score (nSPS) is 11.0. The number of carboxylic acids is 1. The van der Waals surface area contributed by atoms with Crippen molar-refractivity contribution in [1.82, 2.24) is 4.57 Å². The first kappa shape index (κ1) is 15.6. The highest BCUT2D eigenvalue weighted by Gasteiger charge is 2.13. The first-order valence-corrected chi connectivity index (χ1v) is 8.23. The van der Waals surface area contributed by atoms with Crippen LogP contribution in [0.25, 0.3) is 21.8 Å². The summed E-state index contributed by atoms with van der Waals surface area (Å²) in [5.74, 6) is -0.922. The fourth-order valence-corrected chi connectivity index (χ4v) is 3.27. The highest BCUT2D eigenvalue weighted by molar-refractivity contribution is 9.10. The molecule has 1 heterocycles. The molecule has 2 aromatic carbocycles. The van der Waals surface area contributed by atoms with Crippen molar-refractivity contribution in [2.45, 2.75) is 25.8 Å². The zero-order valence-corrected chi connectivity index (χ0v) is 14.0. The number of fused-ring (bicyclic) bond motifs is 3. The first-order chi connectivity index (χ1) is 11.1. The molecule has 0 amide bonds. The number of carboxylic acid groups (broad SMARTS) is 1. The van der Waals surface area contributed by atoms with Gasteiger partial charge in [-0.3, -0.25) is 0 Å². The molecule has 0 atom stereocenters. The van der Waals surface area contributed by atoms with Gasteiger partial charge in [0, 0.05) is 33.7 Å². The zero-order chi connectivity index (χ0) is 16.4. The molecule has 0 aliphatic carbocycles. The minimum Gasteiger partial charge on any atom is -0.478 e. The summed E-state index contributed by atoms with van der Waals surface area (Å²) in [6.45, 7) is 0.765. The van der Waals surface area contributed by atoms with Gasteiger partial charge in [-0.25, -0.2) is 4.79 Å². The van der Waals surface area contributed by atoms with Gasteiger partial charge < -0.3 is 9.67 Å². The van der Waals surface area contributed by atoms with Crippen LogP contribution in [0.3, 0.4) is 0 Å². The molecule has 3 aromatic rings. The number of aromatic carboxylic acids is 1. The van der Waals surface area contributed by atoms with Crippen LogP contribution in [0.15, 0.2) is 40.9 Å². The maximum atomic E-state index is 11.3. The Kier molecular flexibility index (Phi) is 4.35. The smallest absolute Gasteiger partial charge is 0.335 e. The maximum Gasteiger partial charge on any atom is 0.335 e. The lowest BCUT2D eigenvalue weighted by atomic mass is 10.1. The SMILES string of the molecule is N#CCCCCn1c2cc(Br)ccc2c2ccc(C(=O)O)cc21. The second kappa shape index (κ2) is 6.43. The maximum absolute atomic E-state index is 11.3. The minimum absolute atomic E-state index is 0.289. The molecule has 0 aliphatic heterocycles. The van der Waals surface area contributed by atoms with Crippen LogP contribution in [0.5, 0.6) is 0 Å². The summed E-state index contributed by atoms with van der Waals surface area (Å²) in [5.41, 5.74) is 2.29. The molecule has 23 heavy (non-hydrogen) atoms. The van der Waals surface area contributed by atoms with E-state index in [2.05, 4.69) is 32.6 Å². The molecule has 5 heteroatoms. The van der Waals surface area contributed by atoms with Gasteiger partial charge in [0.1, 0.15) is 0 Å². The summed E-state index contributed by atoms with van der Waals surface area (Å²) >= 11 is 3.50. The van der Waals surface area contributed by atoms with Crippen molar-refractivity contribution in [3.63, 3.8) is 0 Å². The fourth-order valence-electron chi connectivity index (χ4n) is 2.92. The van der Waals surface area contributed by atoms with E-state index in [1.165, 1.54) is 0 Å². The van der Waals surface area contributed by atoms with Gasteiger partial charge in [-0.15, -0.1) is 0 Å². The van der Waals surface area contributed by atoms with Crippen LogP contribution in [0.4, 0.5) is 0 Å². The van der Waals surface area contributed by atoms with Gasteiger partial charge in [0.15, 0.2) is 0 Å². The van der Waals surface area contributed by atoms with Gasteiger partial charge in [-0.2, -0.15) is 5.26 Å². The number of rotatable bonds is 5. The molecule has 0 saturated carbocycles. The summed E-state index contributed by atoms with van der Waals surface area (Å²) in [7, 11) is 0. The van der Waals surface area contributed by atoms with Crippen LogP contribution in [0.1, 0.15) is 29.6 Å². The number of aryl methyl sites for hydroxylation is 1. The Bertz CT molecular complexity index is 937. The van der Waals surface area contributed by atoms with E-state index in [1.54, 1.807) is 12.1 Å². The predicted octanol–water partition coefficient (Wildman–Crippen LogP) is 4.95. The molecule has 0 fully saturated rings. The number of nitriles is 1. The van der Waals surface area contributed by atoms with E-state index in [0.717, 1.165) is 45.7 Å². The number of benzene rings is 2. The molecule has 1 N–H and O–H groups in total. The predicted molar refractivity (Wildman–Crippen MR) is 93.6 cm³/mol. The molecule has 1 aromatic heterocycles. The lowest BCUT2D eigenvalue weighted by Crippen LogP contribution is -2.00. The number of aromatic nitrogens is 1. The van der Waals surface area contributed by atoms with E-state index in [4.69, 9.17) is 5.26 Å². The number of halogens is 1.